The Morgan fingerprint density at radius 3 is 2.42 bits per heavy atom. The highest BCUT2D eigenvalue weighted by Gasteiger charge is 2.37. The topological polar surface area (TPSA) is 142 Å². The number of rotatable bonds is 10. The summed E-state index contributed by atoms with van der Waals surface area (Å²) in [7, 11) is 0. The van der Waals surface area contributed by atoms with Gasteiger partial charge in [-0.15, -0.1) is 10.1 Å². The first-order chi connectivity index (χ1) is 14.7. The Hall–Kier alpha value is -2.66. The molecule has 1 aromatic rings. The van der Waals surface area contributed by atoms with E-state index in [4.69, 9.17) is 10.5 Å². The zero-order valence-corrected chi connectivity index (χ0v) is 18.3. The molecule has 2 rings (SSSR count). The van der Waals surface area contributed by atoms with Gasteiger partial charge in [-0.25, -0.2) is 4.79 Å². The minimum Gasteiger partial charge on any atom is -0.459 e. The lowest BCUT2D eigenvalue weighted by Crippen LogP contribution is -2.44. The summed E-state index contributed by atoms with van der Waals surface area (Å²) in [5, 5.41) is 9.20. The molecule has 10 nitrogen and oxygen atoms in total. The van der Waals surface area contributed by atoms with Gasteiger partial charge in [-0.2, -0.15) is 0 Å². The Morgan fingerprint density at radius 1 is 1.23 bits per heavy atom. The second-order valence-corrected chi connectivity index (χ2v) is 8.46. The third-order valence-corrected chi connectivity index (χ3v) is 6.14. The van der Waals surface area contributed by atoms with Gasteiger partial charge >= 0.3 is 5.97 Å². The van der Waals surface area contributed by atoms with Gasteiger partial charge in [-0.3, -0.25) is 9.59 Å². The Kier molecular flexibility index (Phi) is 9.25. The van der Waals surface area contributed by atoms with Gasteiger partial charge in [0.2, 0.25) is 11.0 Å². The summed E-state index contributed by atoms with van der Waals surface area (Å²) < 4.78 is 5.39. The Balaban J connectivity index is 1.85. The maximum Gasteiger partial charge on any atom is 0.329 e. The number of hydrogen-bond donors (Lipinski definition) is 1. The van der Waals surface area contributed by atoms with E-state index < -0.39 is 29.1 Å². The lowest BCUT2D eigenvalue weighted by atomic mass is 10.1. The molecule has 31 heavy (non-hydrogen) atoms. The molecule has 2 N–H and O–H groups in total. The number of ether oxygens (including phenoxy) is 1. The minimum atomic E-state index is -0.861. The standard InChI is InChI=1S/C20H27N3O7S/c1-13(12-31-20(26)14(2)21)18(24)22-9-3-4-17(22)19(25)29-10-15-5-7-16(8-6-15)11-30-23(27)28/h5-8,13-14,17H,3-4,9-12,21H2,1-2H3/t13-,14?,17+/m1/s1. The Labute approximate surface area is 184 Å². The second-order valence-electron chi connectivity index (χ2n) is 7.43. The van der Waals surface area contributed by atoms with Gasteiger partial charge in [0, 0.05) is 18.2 Å². The van der Waals surface area contributed by atoms with Crippen molar-refractivity contribution >= 4 is 28.8 Å². The second kappa shape index (κ2) is 11.7. The van der Waals surface area contributed by atoms with Crippen molar-refractivity contribution in [1.82, 2.24) is 4.90 Å². The quantitative estimate of drug-likeness (QED) is 0.318. The SMILES string of the molecule is CC(N)C(=O)SC[C@@H](C)C(=O)N1CCC[C@H]1C(=O)OCc1ccc(CO[N+](=O)[O-])cc1. The first-order valence-electron chi connectivity index (χ1n) is 9.93. The predicted molar refractivity (Wildman–Crippen MR) is 113 cm³/mol. The first kappa shape index (κ1) is 24.6. The van der Waals surface area contributed by atoms with Crippen molar-refractivity contribution in [2.24, 2.45) is 11.7 Å². The molecule has 1 aliphatic heterocycles. The van der Waals surface area contributed by atoms with Crippen LogP contribution in [0.1, 0.15) is 37.8 Å². The number of esters is 1. The van der Waals surface area contributed by atoms with Crippen LogP contribution in [0.2, 0.25) is 0 Å². The molecule has 1 saturated heterocycles. The van der Waals surface area contributed by atoms with Crippen LogP contribution < -0.4 is 5.73 Å². The molecule has 1 aromatic carbocycles. The molecule has 0 aliphatic carbocycles. The molecular weight excluding hydrogens is 426 g/mol. The number of carbonyl (C=O) groups is 3. The van der Waals surface area contributed by atoms with Crippen molar-refractivity contribution in [2.45, 2.75) is 52.0 Å². The molecule has 0 aromatic heterocycles. The lowest BCUT2D eigenvalue weighted by molar-refractivity contribution is -0.763. The van der Waals surface area contributed by atoms with Gasteiger partial charge in [0.1, 0.15) is 19.3 Å². The maximum atomic E-state index is 12.8. The van der Waals surface area contributed by atoms with E-state index in [-0.39, 0.29) is 24.2 Å². The fourth-order valence-electron chi connectivity index (χ4n) is 3.08. The van der Waals surface area contributed by atoms with Crippen molar-refractivity contribution in [3.05, 3.63) is 45.5 Å². The van der Waals surface area contributed by atoms with Crippen molar-refractivity contribution in [2.75, 3.05) is 12.3 Å². The van der Waals surface area contributed by atoms with Crippen LogP contribution in [0.5, 0.6) is 0 Å². The Bertz CT molecular complexity index is 800. The molecule has 0 saturated carbocycles. The predicted octanol–water partition coefficient (Wildman–Crippen LogP) is 1.67. The van der Waals surface area contributed by atoms with Crippen molar-refractivity contribution in [3.8, 4) is 0 Å². The van der Waals surface area contributed by atoms with Gasteiger partial charge in [-0.1, -0.05) is 43.0 Å². The van der Waals surface area contributed by atoms with Crippen molar-refractivity contribution < 1.29 is 29.0 Å². The fraction of sp³-hybridized carbons (Fsp3) is 0.550. The number of amides is 1. The molecule has 1 aliphatic rings. The van der Waals surface area contributed by atoms with Crippen LogP contribution in [0.4, 0.5) is 0 Å². The fourth-order valence-corrected chi connectivity index (χ4v) is 3.90. The zero-order chi connectivity index (χ0) is 23.0. The maximum absolute atomic E-state index is 12.8. The van der Waals surface area contributed by atoms with Crippen LogP contribution in [-0.2, 0) is 37.2 Å². The average molecular weight is 454 g/mol. The molecule has 11 heteroatoms. The highest BCUT2D eigenvalue weighted by Crippen LogP contribution is 2.23. The van der Waals surface area contributed by atoms with Gasteiger partial charge in [0.15, 0.2) is 0 Å². The van der Waals surface area contributed by atoms with Gasteiger partial charge in [0.05, 0.1) is 6.04 Å². The highest BCUT2D eigenvalue weighted by atomic mass is 32.2. The molecule has 1 heterocycles. The average Bonchev–Trinajstić information content (AvgIpc) is 3.24. The monoisotopic (exact) mass is 453 g/mol. The van der Waals surface area contributed by atoms with Crippen LogP contribution in [0, 0.1) is 16.0 Å². The zero-order valence-electron chi connectivity index (χ0n) is 17.5. The summed E-state index contributed by atoms with van der Waals surface area (Å²) in [6.45, 7) is 3.68. The summed E-state index contributed by atoms with van der Waals surface area (Å²) in [4.78, 5) is 53.1. The summed E-state index contributed by atoms with van der Waals surface area (Å²) in [5.41, 5.74) is 6.87. The van der Waals surface area contributed by atoms with Gasteiger partial charge in [0.25, 0.3) is 5.09 Å². The normalized spacial score (nSPS) is 17.6. The van der Waals surface area contributed by atoms with E-state index in [1.165, 1.54) is 4.90 Å². The van der Waals surface area contributed by atoms with E-state index in [1.54, 1.807) is 38.1 Å². The molecule has 0 radical (unpaired) electrons. The van der Waals surface area contributed by atoms with Crippen molar-refractivity contribution in [3.63, 3.8) is 0 Å². The molecule has 170 valence electrons. The van der Waals surface area contributed by atoms with E-state index in [2.05, 4.69) is 4.84 Å². The molecule has 0 bridgehead atoms. The van der Waals surface area contributed by atoms with E-state index in [0.717, 1.165) is 11.8 Å². The minimum absolute atomic E-state index is 0.0298. The number of hydrogen-bond acceptors (Lipinski definition) is 9. The molecule has 3 atom stereocenters. The summed E-state index contributed by atoms with van der Waals surface area (Å²) in [5.74, 6) is -0.767. The molecule has 1 amide bonds. The third-order valence-electron chi connectivity index (χ3n) is 4.82. The van der Waals surface area contributed by atoms with E-state index in [1.807, 2.05) is 0 Å². The summed E-state index contributed by atoms with van der Waals surface area (Å²) in [6, 6.07) is 5.46. The summed E-state index contributed by atoms with van der Waals surface area (Å²) >= 11 is 1.03. The van der Waals surface area contributed by atoms with Crippen LogP contribution >= 0.6 is 11.8 Å². The summed E-state index contributed by atoms with van der Waals surface area (Å²) in [6.07, 6.45) is 1.23. The lowest BCUT2D eigenvalue weighted by Gasteiger charge is -2.26. The Morgan fingerprint density at radius 2 is 1.84 bits per heavy atom. The van der Waals surface area contributed by atoms with Crippen LogP contribution in [0.3, 0.4) is 0 Å². The van der Waals surface area contributed by atoms with Crippen LogP contribution in [-0.4, -0.2) is 51.4 Å². The number of benzene rings is 1. The van der Waals surface area contributed by atoms with Crippen LogP contribution in [0.15, 0.2) is 24.3 Å². The van der Waals surface area contributed by atoms with Gasteiger partial charge < -0.3 is 20.2 Å². The van der Waals surface area contributed by atoms with E-state index in [0.29, 0.717) is 36.3 Å². The van der Waals surface area contributed by atoms with Gasteiger partial charge in [-0.05, 0) is 30.9 Å². The highest BCUT2D eigenvalue weighted by molar-refractivity contribution is 8.13. The van der Waals surface area contributed by atoms with Crippen LogP contribution in [0.25, 0.3) is 0 Å². The third kappa shape index (κ3) is 7.51. The molecular formula is C20H27N3O7S. The smallest absolute Gasteiger partial charge is 0.329 e. The largest absolute Gasteiger partial charge is 0.459 e. The molecule has 1 fully saturated rings. The van der Waals surface area contributed by atoms with E-state index >= 15 is 0 Å². The van der Waals surface area contributed by atoms with Crippen molar-refractivity contribution in [1.29, 1.82) is 0 Å². The van der Waals surface area contributed by atoms with E-state index in [9.17, 15) is 24.5 Å². The number of nitrogens with zero attached hydrogens (tertiary/aromatic N) is 2. The first-order valence-corrected chi connectivity index (χ1v) is 10.9. The number of likely N-dealkylation sites (tertiary alicyclic amines) is 1. The number of carbonyl (C=O) groups excluding carboxylic acids is 3. The number of thioether (sulfide) groups is 1. The molecule has 1 unspecified atom stereocenters. The number of nitrogens with two attached hydrogens (primary N) is 1. The molecule has 0 spiro atoms.